The average Bonchev–Trinajstić information content (AvgIpc) is 3.07. The molecule has 1 aromatic rings. The molecule has 3 rings (SSSR count). The molecule has 2 aliphatic carbocycles. The van der Waals surface area contributed by atoms with Gasteiger partial charge in [-0.25, -0.2) is 0 Å². The van der Waals surface area contributed by atoms with E-state index in [4.69, 9.17) is 0 Å². The van der Waals surface area contributed by atoms with Crippen LogP contribution in [0.25, 0.3) is 0 Å². The number of nitrogens with zero attached hydrogens (tertiary/aromatic N) is 1. The van der Waals surface area contributed by atoms with Crippen LogP contribution in [-0.2, 0) is 6.42 Å². The van der Waals surface area contributed by atoms with Crippen molar-refractivity contribution < 1.29 is 0 Å². The fourth-order valence-electron chi connectivity index (χ4n) is 3.20. The molecule has 0 radical (unpaired) electrons. The predicted molar refractivity (Wildman–Crippen MR) is 70.1 cm³/mol. The van der Waals surface area contributed by atoms with Gasteiger partial charge in [0.25, 0.3) is 0 Å². The number of pyridine rings is 1. The SMILES string of the molecule is CCNC(CC1CC1)C1CCc2cccnc21. The third-order valence-electron chi connectivity index (χ3n) is 4.24. The van der Waals surface area contributed by atoms with Crippen LogP contribution in [0, 0.1) is 5.92 Å². The van der Waals surface area contributed by atoms with Crippen LogP contribution in [0.1, 0.15) is 49.8 Å². The number of aromatic nitrogens is 1. The summed E-state index contributed by atoms with van der Waals surface area (Å²) in [5.41, 5.74) is 2.86. The second kappa shape index (κ2) is 4.77. The molecular weight excluding hydrogens is 208 g/mol. The summed E-state index contributed by atoms with van der Waals surface area (Å²) in [6, 6.07) is 4.98. The predicted octanol–water partition coefficient (Wildman–Crippen LogP) is 2.89. The molecule has 0 aromatic carbocycles. The molecule has 0 saturated heterocycles. The molecule has 0 amide bonds. The van der Waals surface area contributed by atoms with Crippen LogP contribution in [0.2, 0.25) is 0 Å². The van der Waals surface area contributed by atoms with E-state index in [0.29, 0.717) is 12.0 Å². The maximum absolute atomic E-state index is 4.63. The lowest BCUT2D eigenvalue weighted by atomic mass is 9.92. The molecule has 1 fully saturated rings. The fourth-order valence-corrected chi connectivity index (χ4v) is 3.20. The Balaban J connectivity index is 1.77. The van der Waals surface area contributed by atoms with E-state index in [1.54, 1.807) is 0 Å². The first-order chi connectivity index (χ1) is 8.38. The second-order valence-corrected chi connectivity index (χ2v) is 5.54. The largest absolute Gasteiger partial charge is 0.314 e. The van der Waals surface area contributed by atoms with E-state index in [0.717, 1.165) is 12.5 Å². The number of nitrogens with one attached hydrogen (secondary N) is 1. The molecule has 1 heterocycles. The minimum absolute atomic E-state index is 0.656. The zero-order valence-electron chi connectivity index (χ0n) is 10.7. The van der Waals surface area contributed by atoms with Crippen LogP contribution in [-0.4, -0.2) is 17.6 Å². The van der Waals surface area contributed by atoms with Gasteiger partial charge in [-0.15, -0.1) is 0 Å². The normalized spacial score (nSPS) is 24.6. The van der Waals surface area contributed by atoms with Crippen LogP contribution < -0.4 is 5.32 Å². The standard InChI is InChI=1S/C15H22N2/c1-2-16-14(10-11-5-6-11)13-8-7-12-4-3-9-17-15(12)13/h3-4,9,11,13-14,16H,2,5-8,10H2,1H3. The molecule has 2 nitrogen and oxygen atoms in total. The van der Waals surface area contributed by atoms with Crippen LogP contribution >= 0.6 is 0 Å². The Morgan fingerprint density at radius 3 is 3.06 bits per heavy atom. The van der Waals surface area contributed by atoms with E-state index in [1.165, 1.54) is 43.4 Å². The first kappa shape index (κ1) is 11.2. The van der Waals surface area contributed by atoms with Gasteiger partial charge in [-0.3, -0.25) is 4.98 Å². The van der Waals surface area contributed by atoms with Crippen molar-refractivity contribution in [2.45, 2.75) is 51.0 Å². The Bertz CT molecular complexity index is 384. The van der Waals surface area contributed by atoms with Gasteiger partial charge in [0.2, 0.25) is 0 Å². The third-order valence-corrected chi connectivity index (χ3v) is 4.24. The van der Waals surface area contributed by atoms with Crippen molar-refractivity contribution in [3.05, 3.63) is 29.6 Å². The van der Waals surface area contributed by atoms with Crippen molar-refractivity contribution in [1.29, 1.82) is 0 Å². The lowest BCUT2D eigenvalue weighted by Crippen LogP contribution is -2.34. The van der Waals surface area contributed by atoms with E-state index in [1.807, 2.05) is 6.20 Å². The maximum Gasteiger partial charge on any atom is 0.0482 e. The number of fused-ring (bicyclic) bond motifs is 1. The van der Waals surface area contributed by atoms with Gasteiger partial charge < -0.3 is 5.32 Å². The van der Waals surface area contributed by atoms with Gasteiger partial charge in [0.1, 0.15) is 0 Å². The van der Waals surface area contributed by atoms with Gasteiger partial charge in [-0.05, 0) is 43.4 Å². The van der Waals surface area contributed by atoms with Crippen molar-refractivity contribution >= 4 is 0 Å². The highest BCUT2D eigenvalue weighted by Crippen LogP contribution is 2.40. The quantitative estimate of drug-likeness (QED) is 0.841. The van der Waals surface area contributed by atoms with Gasteiger partial charge in [0.15, 0.2) is 0 Å². The molecule has 0 spiro atoms. The molecule has 1 N–H and O–H groups in total. The summed E-state index contributed by atoms with van der Waals surface area (Å²) in [4.78, 5) is 4.63. The lowest BCUT2D eigenvalue weighted by molar-refractivity contribution is 0.392. The molecule has 1 aromatic heterocycles. The minimum atomic E-state index is 0.656. The van der Waals surface area contributed by atoms with Gasteiger partial charge in [-0.2, -0.15) is 0 Å². The minimum Gasteiger partial charge on any atom is -0.314 e. The van der Waals surface area contributed by atoms with E-state index in [9.17, 15) is 0 Å². The number of likely N-dealkylation sites (N-methyl/N-ethyl adjacent to an activating group) is 1. The first-order valence-electron chi connectivity index (χ1n) is 7.05. The maximum atomic E-state index is 4.63. The average molecular weight is 230 g/mol. The zero-order valence-corrected chi connectivity index (χ0v) is 10.7. The monoisotopic (exact) mass is 230 g/mol. The summed E-state index contributed by atoms with van der Waals surface area (Å²) >= 11 is 0. The van der Waals surface area contributed by atoms with Crippen LogP contribution in [0.4, 0.5) is 0 Å². The summed E-state index contributed by atoms with van der Waals surface area (Å²) in [6.45, 7) is 3.30. The Morgan fingerprint density at radius 1 is 1.41 bits per heavy atom. The van der Waals surface area contributed by atoms with Crippen molar-refractivity contribution in [3.63, 3.8) is 0 Å². The Morgan fingerprint density at radius 2 is 2.29 bits per heavy atom. The van der Waals surface area contributed by atoms with E-state index >= 15 is 0 Å². The molecular formula is C15H22N2. The van der Waals surface area contributed by atoms with Crippen molar-refractivity contribution in [1.82, 2.24) is 10.3 Å². The summed E-state index contributed by atoms with van der Waals surface area (Å²) in [5.74, 6) is 1.65. The third kappa shape index (κ3) is 2.37. The molecule has 2 unspecified atom stereocenters. The van der Waals surface area contributed by atoms with Crippen LogP contribution in [0.3, 0.4) is 0 Å². The number of rotatable bonds is 5. The van der Waals surface area contributed by atoms with Gasteiger partial charge in [0.05, 0.1) is 0 Å². The smallest absolute Gasteiger partial charge is 0.0482 e. The Kier molecular flexibility index (Phi) is 3.15. The molecule has 17 heavy (non-hydrogen) atoms. The van der Waals surface area contributed by atoms with Crippen molar-refractivity contribution in [2.75, 3.05) is 6.54 Å². The summed E-state index contributed by atoms with van der Waals surface area (Å²) in [6.07, 6.45) is 8.72. The van der Waals surface area contributed by atoms with Gasteiger partial charge >= 0.3 is 0 Å². The summed E-state index contributed by atoms with van der Waals surface area (Å²) in [7, 11) is 0. The molecule has 0 bridgehead atoms. The second-order valence-electron chi connectivity index (χ2n) is 5.54. The zero-order chi connectivity index (χ0) is 11.7. The topological polar surface area (TPSA) is 24.9 Å². The van der Waals surface area contributed by atoms with Crippen molar-refractivity contribution in [3.8, 4) is 0 Å². The fraction of sp³-hybridized carbons (Fsp3) is 0.667. The van der Waals surface area contributed by atoms with Crippen LogP contribution in [0.15, 0.2) is 18.3 Å². The highest BCUT2D eigenvalue weighted by molar-refractivity contribution is 5.30. The molecule has 1 saturated carbocycles. The number of hydrogen-bond donors (Lipinski definition) is 1. The summed E-state index contributed by atoms with van der Waals surface area (Å²) in [5, 5.41) is 3.70. The molecule has 2 aliphatic rings. The van der Waals surface area contributed by atoms with E-state index < -0.39 is 0 Å². The highest BCUT2D eigenvalue weighted by atomic mass is 14.9. The van der Waals surface area contributed by atoms with E-state index in [-0.39, 0.29) is 0 Å². The van der Waals surface area contributed by atoms with E-state index in [2.05, 4.69) is 29.4 Å². The molecule has 2 atom stereocenters. The molecule has 0 aliphatic heterocycles. The van der Waals surface area contributed by atoms with Gasteiger partial charge in [0, 0.05) is 23.9 Å². The summed E-state index contributed by atoms with van der Waals surface area (Å²) < 4.78 is 0. The molecule has 2 heteroatoms. The Labute approximate surface area is 104 Å². The number of hydrogen-bond acceptors (Lipinski definition) is 2. The van der Waals surface area contributed by atoms with Crippen molar-refractivity contribution in [2.24, 2.45) is 5.92 Å². The highest BCUT2D eigenvalue weighted by Gasteiger charge is 2.34. The van der Waals surface area contributed by atoms with Gasteiger partial charge in [-0.1, -0.05) is 25.8 Å². The Hall–Kier alpha value is -0.890. The first-order valence-corrected chi connectivity index (χ1v) is 7.05. The molecule has 92 valence electrons. The van der Waals surface area contributed by atoms with Crippen LogP contribution in [0.5, 0.6) is 0 Å². The number of aryl methyl sites for hydroxylation is 1. The lowest BCUT2D eigenvalue weighted by Gasteiger charge is -2.24.